The number of likely N-dealkylation sites (tertiary alicyclic amines) is 1. The third kappa shape index (κ3) is 8.05. The number of nitrogens with zero attached hydrogens (tertiary/aromatic N) is 1. The van der Waals surface area contributed by atoms with Gasteiger partial charge in [-0.25, -0.2) is 4.79 Å². The van der Waals surface area contributed by atoms with Crippen molar-refractivity contribution in [3.8, 4) is 16.9 Å². The Hall–Kier alpha value is -3.88. The van der Waals surface area contributed by atoms with Crippen molar-refractivity contribution in [2.45, 2.75) is 44.8 Å². The van der Waals surface area contributed by atoms with Crippen LogP contribution >= 0.6 is 0 Å². The van der Waals surface area contributed by atoms with Crippen LogP contribution in [0.2, 0.25) is 0 Å². The molecule has 3 N–H and O–H groups in total. The molecule has 8 nitrogen and oxygen atoms in total. The highest BCUT2D eigenvalue weighted by atomic mass is 16.6. The summed E-state index contributed by atoms with van der Waals surface area (Å²) in [6.07, 6.45) is 2.90. The molecule has 0 aromatic heterocycles. The van der Waals surface area contributed by atoms with Crippen LogP contribution in [0.25, 0.3) is 11.1 Å². The van der Waals surface area contributed by atoms with Crippen molar-refractivity contribution in [3.63, 3.8) is 0 Å². The number of hydrogen-bond acceptors (Lipinski definition) is 6. The van der Waals surface area contributed by atoms with E-state index >= 15 is 0 Å². The van der Waals surface area contributed by atoms with Crippen molar-refractivity contribution in [1.29, 1.82) is 0 Å². The molecule has 1 saturated heterocycles. The Morgan fingerprint density at radius 3 is 2.49 bits per heavy atom. The van der Waals surface area contributed by atoms with E-state index in [1.165, 1.54) is 7.11 Å². The molecule has 0 radical (unpaired) electrons. The first-order valence-electron chi connectivity index (χ1n) is 13.4. The van der Waals surface area contributed by atoms with Crippen LogP contribution in [0.1, 0.15) is 36.8 Å². The molecule has 0 bridgehead atoms. The van der Waals surface area contributed by atoms with Gasteiger partial charge in [-0.2, -0.15) is 0 Å². The lowest BCUT2D eigenvalue weighted by atomic mass is 9.98. The number of rotatable bonds is 10. The van der Waals surface area contributed by atoms with E-state index in [1.54, 1.807) is 18.2 Å². The van der Waals surface area contributed by atoms with E-state index in [0.717, 1.165) is 42.6 Å². The summed E-state index contributed by atoms with van der Waals surface area (Å²) in [5.74, 6) is 0.444. The number of aliphatic hydroxyl groups excluding tert-OH is 1. The molecule has 206 valence electrons. The third-order valence-corrected chi connectivity index (χ3v) is 6.96. The molecule has 0 spiro atoms. The van der Waals surface area contributed by atoms with Crippen LogP contribution in [0.3, 0.4) is 0 Å². The Morgan fingerprint density at radius 2 is 1.77 bits per heavy atom. The van der Waals surface area contributed by atoms with E-state index in [2.05, 4.69) is 28.6 Å². The SMILES string of the molecule is COc1cc(NC(=O)CCCc2ccc(NC(=O)OC3CCN(C)CC3)c(-c3ccccc3)c2)ccc1CO. The lowest BCUT2D eigenvalue weighted by Gasteiger charge is -2.28. The molecular weight excluding hydrogens is 494 g/mol. The number of aryl methyl sites for hydroxylation is 1. The first kappa shape index (κ1) is 28.1. The van der Waals surface area contributed by atoms with Gasteiger partial charge in [-0.3, -0.25) is 10.1 Å². The van der Waals surface area contributed by atoms with Crippen LogP contribution in [-0.2, 0) is 22.6 Å². The molecule has 0 atom stereocenters. The number of benzene rings is 3. The molecular formula is C31H37N3O5. The van der Waals surface area contributed by atoms with Crippen LogP contribution < -0.4 is 15.4 Å². The Morgan fingerprint density at radius 1 is 1.00 bits per heavy atom. The second-order valence-electron chi connectivity index (χ2n) is 9.87. The lowest BCUT2D eigenvalue weighted by molar-refractivity contribution is -0.116. The predicted molar refractivity (Wildman–Crippen MR) is 153 cm³/mol. The number of carbonyl (C=O) groups excluding carboxylic acids is 2. The van der Waals surface area contributed by atoms with Crippen LogP contribution in [-0.4, -0.2) is 55.4 Å². The van der Waals surface area contributed by atoms with Gasteiger partial charge >= 0.3 is 6.09 Å². The fraction of sp³-hybridized carbons (Fsp3) is 0.355. The van der Waals surface area contributed by atoms with Crippen molar-refractivity contribution in [3.05, 3.63) is 77.9 Å². The standard InChI is InChI=1S/C31H37N3O5/c1-34-17-15-26(16-18-34)39-31(37)33-28-14-11-22(19-27(28)23-8-4-3-5-9-23)7-6-10-30(36)32-25-13-12-24(21-35)29(20-25)38-2/h3-5,8-9,11-14,19-20,26,35H,6-7,10,15-18,21H2,1-2H3,(H,32,36)(H,33,37). The fourth-order valence-electron chi connectivity index (χ4n) is 4.74. The number of ether oxygens (including phenoxy) is 2. The number of anilines is 2. The summed E-state index contributed by atoms with van der Waals surface area (Å²) in [6, 6.07) is 21.1. The summed E-state index contributed by atoms with van der Waals surface area (Å²) >= 11 is 0. The van der Waals surface area contributed by atoms with E-state index < -0.39 is 6.09 Å². The van der Waals surface area contributed by atoms with Gasteiger partial charge in [0.1, 0.15) is 11.9 Å². The van der Waals surface area contributed by atoms with Crippen molar-refractivity contribution >= 4 is 23.4 Å². The smallest absolute Gasteiger partial charge is 0.411 e. The van der Waals surface area contributed by atoms with Crippen LogP contribution in [0.4, 0.5) is 16.2 Å². The van der Waals surface area contributed by atoms with E-state index in [4.69, 9.17) is 9.47 Å². The molecule has 2 amide bonds. The molecule has 1 aliphatic rings. The lowest BCUT2D eigenvalue weighted by Crippen LogP contribution is -2.36. The summed E-state index contributed by atoms with van der Waals surface area (Å²) in [4.78, 5) is 27.5. The molecule has 8 heteroatoms. The average molecular weight is 532 g/mol. The molecule has 3 aromatic carbocycles. The first-order valence-corrected chi connectivity index (χ1v) is 13.4. The number of methoxy groups -OCH3 is 1. The highest BCUT2D eigenvalue weighted by molar-refractivity contribution is 5.92. The van der Waals surface area contributed by atoms with E-state index in [-0.39, 0.29) is 18.6 Å². The summed E-state index contributed by atoms with van der Waals surface area (Å²) in [5.41, 5.74) is 4.97. The first-order chi connectivity index (χ1) is 18.9. The normalized spacial score (nSPS) is 14.0. The predicted octanol–water partition coefficient (Wildman–Crippen LogP) is 5.46. The maximum Gasteiger partial charge on any atom is 0.411 e. The summed E-state index contributed by atoms with van der Waals surface area (Å²) in [7, 11) is 3.61. The summed E-state index contributed by atoms with van der Waals surface area (Å²) in [6.45, 7) is 1.71. The van der Waals surface area contributed by atoms with Crippen molar-refractivity contribution < 1.29 is 24.2 Å². The van der Waals surface area contributed by atoms with Gasteiger partial charge in [0, 0.05) is 42.4 Å². The second kappa shape index (κ2) is 13.8. The zero-order valence-corrected chi connectivity index (χ0v) is 22.6. The van der Waals surface area contributed by atoms with Crippen molar-refractivity contribution in [2.24, 2.45) is 0 Å². The summed E-state index contributed by atoms with van der Waals surface area (Å²) in [5, 5.41) is 15.2. The van der Waals surface area contributed by atoms with Gasteiger partial charge in [-0.15, -0.1) is 0 Å². The zero-order chi connectivity index (χ0) is 27.6. The van der Waals surface area contributed by atoms with Gasteiger partial charge in [0.25, 0.3) is 0 Å². The maximum absolute atomic E-state index is 12.7. The van der Waals surface area contributed by atoms with Crippen molar-refractivity contribution in [2.75, 3.05) is 37.9 Å². The minimum atomic E-state index is -0.435. The van der Waals surface area contributed by atoms with Crippen LogP contribution in [0.15, 0.2) is 66.7 Å². The number of hydrogen-bond donors (Lipinski definition) is 3. The largest absolute Gasteiger partial charge is 0.496 e. The Balaban J connectivity index is 1.37. The molecule has 0 unspecified atom stereocenters. The molecule has 3 aromatic rings. The number of aliphatic hydroxyl groups is 1. The van der Waals surface area contributed by atoms with Gasteiger partial charge in [-0.05, 0) is 62.1 Å². The minimum Gasteiger partial charge on any atom is -0.496 e. The molecule has 0 saturated carbocycles. The number of carbonyl (C=O) groups is 2. The minimum absolute atomic E-state index is 0.0690. The summed E-state index contributed by atoms with van der Waals surface area (Å²) < 4.78 is 11.0. The van der Waals surface area contributed by atoms with Gasteiger partial charge in [0.2, 0.25) is 5.91 Å². The molecule has 1 aliphatic heterocycles. The second-order valence-corrected chi connectivity index (χ2v) is 9.87. The molecule has 1 fully saturated rings. The molecule has 4 rings (SSSR count). The molecule has 1 heterocycles. The van der Waals surface area contributed by atoms with Crippen molar-refractivity contribution in [1.82, 2.24) is 4.90 Å². The Kier molecular flexibility index (Phi) is 9.94. The zero-order valence-electron chi connectivity index (χ0n) is 22.6. The number of nitrogens with one attached hydrogen (secondary N) is 2. The monoisotopic (exact) mass is 531 g/mol. The van der Waals surface area contributed by atoms with Gasteiger partial charge in [0.05, 0.1) is 19.4 Å². The van der Waals surface area contributed by atoms with Gasteiger partial charge in [0.15, 0.2) is 0 Å². The topological polar surface area (TPSA) is 100 Å². The average Bonchev–Trinajstić information content (AvgIpc) is 2.95. The quantitative estimate of drug-likeness (QED) is 0.321. The Labute approximate surface area is 229 Å². The highest BCUT2D eigenvalue weighted by Crippen LogP contribution is 2.30. The van der Waals surface area contributed by atoms with Gasteiger partial charge < -0.3 is 24.8 Å². The highest BCUT2D eigenvalue weighted by Gasteiger charge is 2.21. The van der Waals surface area contributed by atoms with Gasteiger partial charge in [-0.1, -0.05) is 42.5 Å². The third-order valence-electron chi connectivity index (χ3n) is 6.96. The van der Waals surface area contributed by atoms with Crippen LogP contribution in [0.5, 0.6) is 5.75 Å². The number of piperidine rings is 1. The van der Waals surface area contributed by atoms with E-state index in [9.17, 15) is 14.7 Å². The fourth-order valence-corrected chi connectivity index (χ4v) is 4.74. The van der Waals surface area contributed by atoms with E-state index in [0.29, 0.717) is 42.0 Å². The number of amides is 2. The molecule has 0 aliphatic carbocycles. The maximum atomic E-state index is 12.7. The molecule has 39 heavy (non-hydrogen) atoms. The van der Waals surface area contributed by atoms with Crippen LogP contribution in [0, 0.1) is 0 Å². The Bertz CT molecular complexity index is 1260. The van der Waals surface area contributed by atoms with E-state index in [1.807, 2.05) is 42.5 Å².